The van der Waals surface area contributed by atoms with Crippen LogP contribution in [0.25, 0.3) is 76.0 Å². The van der Waals surface area contributed by atoms with Crippen molar-refractivity contribution in [1.82, 2.24) is 19.5 Å². The first-order valence-electron chi connectivity index (χ1n) is 22.8. The summed E-state index contributed by atoms with van der Waals surface area (Å²) in [5.74, 6) is -0.578. The zero-order valence-corrected chi connectivity index (χ0v) is 40.5. The van der Waals surface area contributed by atoms with Gasteiger partial charge in [-0.1, -0.05) is 153 Å². The van der Waals surface area contributed by atoms with E-state index in [2.05, 4.69) is 158 Å². The van der Waals surface area contributed by atoms with Crippen LogP contribution >= 0.6 is 11.3 Å². The average molecular weight is 1040 g/mol. The SMILES string of the molecule is Cc1cccc(C)c1-c1ccc2c(n1)sc1c(-c3nc4ccc5ccccc5c4n3Cc3ccccc3)[c-]ccc12.[2H]C([2H])([2H])c1c[c-]c(-c2cc(C([2H])(C)C)c([Si](C)(C)C)cn2)c(F)c1.[Ir]. The molecule has 0 atom stereocenters. The van der Waals surface area contributed by atoms with Crippen LogP contribution in [0.3, 0.4) is 0 Å². The average Bonchev–Trinajstić information content (AvgIpc) is 3.84. The molecule has 4 nitrogen and oxygen atoms in total. The summed E-state index contributed by atoms with van der Waals surface area (Å²) in [6, 6.07) is 48.9. The van der Waals surface area contributed by atoms with E-state index < -0.39 is 26.6 Å². The minimum Gasteiger partial charge on any atom is -0.359 e. The molecule has 0 unspecified atom stereocenters. The molecule has 0 spiro atoms. The van der Waals surface area contributed by atoms with E-state index >= 15 is 0 Å². The van der Waals surface area contributed by atoms with E-state index in [1.807, 2.05) is 6.07 Å². The molecule has 0 aliphatic rings. The Morgan fingerprint density at radius 2 is 1.56 bits per heavy atom. The van der Waals surface area contributed by atoms with Gasteiger partial charge in [0.1, 0.15) is 4.83 Å². The molecule has 0 amide bonds. The first-order chi connectivity index (χ1) is 31.4. The molecule has 10 rings (SSSR count). The van der Waals surface area contributed by atoms with E-state index in [0.29, 0.717) is 5.69 Å². The van der Waals surface area contributed by atoms with Gasteiger partial charge in [-0.25, -0.2) is 4.98 Å². The zero-order chi connectivity index (χ0) is 46.7. The van der Waals surface area contributed by atoms with E-state index in [1.165, 1.54) is 54.6 Å². The number of benzene rings is 6. The number of pyridine rings is 2. The third kappa shape index (κ3) is 8.58. The van der Waals surface area contributed by atoms with E-state index in [9.17, 15) is 4.39 Å². The molecule has 0 saturated heterocycles. The summed E-state index contributed by atoms with van der Waals surface area (Å²) in [4.78, 5) is 15.9. The van der Waals surface area contributed by atoms with E-state index in [1.54, 1.807) is 37.4 Å². The number of rotatable bonds is 7. The van der Waals surface area contributed by atoms with Crippen molar-refractivity contribution < 1.29 is 30.0 Å². The van der Waals surface area contributed by atoms with Gasteiger partial charge in [0.25, 0.3) is 0 Å². The van der Waals surface area contributed by atoms with Gasteiger partial charge in [0.2, 0.25) is 0 Å². The molecule has 10 aromatic rings. The van der Waals surface area contributed by atoms with E-state index in [-0.39, 0.29) is 31.2 Å². The third-order valence-electron chi connectivity index (χ3n) is 11.5. The summed E-state index contributed by atoms with van der Waals surface area (Å²) < 4.78 is 48.6. The number of aryl methyl sites for hydroxylation is 3. The van der Waals surface area contributed by atoms with Gasteiger partial charge < -0.3 is 9.55 Å². The van der Waals surface area contributed by atoms with Gasteiger partial charge in [-0.05, 0) is 74.9 Å². The zero-order valence-electron chi connectivity index (χ0n) is 40.3. The molecule has 4 heterocycles. The smallest absolute Gasteiger partial charge is 0.114 e. The molecule has 0 N–H and O–H groups in total. The fourth-order valence-corrected chi connectivity index (χ4v) is 11.2. The Morgan fingerprint density at radius 3 is 2.29 bits per heavy atom. The maximum Gasteiger partial charge on any atom is 0.114 e. The fourth-order valence-electron chi connectivity index (χ4n) is 8.42. The Kier molecular flexibility index (Phi) is 11.1. The first-order valence-corrected chi connectivity index (χ1v) is 25.1. The second-order valence-corrected chi connectivity index (χ2v) is 23.2. The summed E-state index contributed by atoms with van der Waals surface area (Å²) in [5.41, 5.74) is 10.4. The monoisotopic (exact) mass is 1040 g/mol. The Morgan fingerprint density at radius 1 is 0.794 bits per heavy atom. The maximum atomic E-state index is 14.5. The largest absolute Gasteiger partial charge is 0.359 e. The van der Waals surface area contributed by atoms with Crippen molar-refractivity contribution >= 4 is 66.7 Å². The fraction of sp³-hybridized carbons (Fsp3) is 0.182. The molecule has 4 aromatic heterocycles. The third-order valence-corrected chi connectivity index (χ3v) is 14.6. The molecular formula is C55H49FIrN4SSi-2. The van der Waals surface area contributed by atoms with E-state index in [0.717, 1.165) is 56.3 Å². The molecular weight excluding hydrogens is 988 g/mol. The summed E-state index contributed by atoms with van der Waals surface area (Å²) in [7, 11) is -1.72. The second-order valence-electron chi connectivity index (χ2n) is 17.2. The molecule has 6 aromatic carbocycles. The number of fused-ring (bicyclic) bond motifs is 6. The summed E-state index contributed by atoms with van der Waals surface area (Å²) >= 11 is 1.74. The van der Waals surface area contributed by atoms with Crippen molar-refractivity contribution in [3.63, 3.8) is 0 Å². The van der Waals surface area contributed by atoms with Gasteiger partial charge in [0.05, 0.1) is 30.6 Å². The number of hydrogen-bond acceptors (Lipinski definition) is 4. The molecule has 63 heavy (non-hydrogen) atoms. The molecule has 0 aliphatic carbocycles. The van der Waals surface area contributed by atoms with Crippen LogP contribution in [0.5, 0.6) is 0 Å². The Hall–Kier alpha value is -5.63. The number of aromatic nitrogens is 4. The summed E-state index contributed by atoms with van der Waals surface area (Å²) in [6.07, 6.45) is 1.73. The number of halogens is 1. The van der Waals surface area contributed by atoms with Crippen LogP contribution in [0.4, 0.5) is 4.39 Å². The van der Waals surface area contributed by atoms with Crippen LogP contribution in [0.1, 0.15) is 53.0 Å². The van der Waals surface area contributed by atoms with Gasteiger partial charge in [-0.15, -0.1) is 42.0 Å². The molecule has 8 heteroatoms. The number of nitrogens with zero attached hydrogens (tertiary/aromatic N) is 4. The molecule has 0 saturated carbocycles. The second kappa shape index (κ2) is 17.9. The van der Waals surface area contributed by atoms with Gasteiger partial charge in [0.15, 0.2) is 0 Å². The van der Waals surface area contributed by atoms with Gasteiger partial charge in [-0.2, -0.15) is 11.3 Å². The standard InChI is InChI=1S/C37H26N3S.C18H23FNSi.Ir/c1-23-10-8-11-24(2)33(23)31-21-19-29-28-16-9-17-30(35(28)41-37(29)39-31)36-38-32-20-18-26-14-6-7-15-27(26)34(32)40(36)22-25-12-4-3-5-13-25;1-12(2)15-10-17(20-11-18(15)21(4,5)6)14-8-7-13(3)9-16(14)19;/h3-16,18-21H,22H2,1-2H3;7,9-12H,1-6H3;/q2*-1;/i;3D3,12D;. The minimum atomic E-state index is -2.38. The maximum absolute atomic E-state index is 14.5. The number of thiophene rings is 1. The number of imidazole rings is 1. The Balaban J connectivity index is 0.000000203. The van der Waals surface area contributed by atoms with Crippen LogP contribution in [-0.2, 0) is 26.7 Å². The van der Waals surface area contributed by atoms with E-state index in [4.69, 9.17) is 15.5 Å². The predicted octanol–water partition coefficient (Wildman–Crippen LogP) is 14.4. The van der Waals surface area contributed by atoms with Crippen molar-refractivity contribution in [3.05, 3.63) is 179 Å². The van der Waals surface area contributed by atoms with Crippen molar-refractivity contribution in [2.24, 2.45) is 0 Å². The molecule has 1 radical (unpaired) electrons. The predicted molar refractivity (Wildman–Crippen MR) is 263 cm³/mol. The Bertz CT molecular complexity index is 3440. The molecule has 317 valence electrons. The van der Waals surface area contributed by atoms with Gasteiger partial charge in [0, 0.05) is 55.1 Å². The van der Waals surface area contributed by atoms with Gasteiger partial charge in [-0.3, -0.25) is 9.37 Å². The molecule has 0 fully saturated rings. The minimum absolute atomic E-state index is 0. The van der Waals surface area contributed by atoms with Crippen molar-refractivity contribution in [2.75, 3.05) is 0 Å². The molecule has 0 bridgehead atoms. The Labute approximate surface area is 393 Å². The van der Waals surface area contributed by atoms with Crippen LogP contribution in [0.15, 0.2) is 134 Å². The first kappa shape index (κ1) is 39.0. The van der Waals surface area contributed by atoms with Gasteiger partial charge >= 0.3 is 0 Å². The molecule has 0 aliphatic heterocycles. The van der Waals surface area contributed by atoms with Crippen molar-refractivity contribution in [2.45, 2.75) is 66.6 Å². The summed E-state index contributed by atoms with van der Waals surface area (Å²) in [6.45, 7) is 12.8. The van der Waals surface area contributed by atoms with Crippen LogP contribution < -0.4 is 5.19 Å². The van der Waals surface area contributed by atoms with Crippen molar-refractivity contribution in [3.8, 4) is 33.9 Å². The normalized spacial score (nSPS) is 13.0. The number of hydrogen-bond donors (Lipinski definition) is 0. The van der Waals surface area contributed by atoms with Crippen LogP contribution in [-0.4, -0.2) is 27.6 Å². The topological polar surface area (TPSA) is 43.6 Å². The van der Waals surface area contributed by atoms with Crippen LogP contribution in [0, 0.1) is 38.6 Å². The van der Waals surface area contributed by atoms with Crippen molar-refractivity contribution in [1.29, 1.82) is 0 Å². The van der Waals surface area contributed by atoms with Crippen LogP contribution in [0.2, 0.25) is 19.6 Å². The summed E-state index contributed by atoms with van der Waals surface area (Å²) in [5, 5.41) is 5.86. The quantitative estimate of drug-likeness (QED) is 0.118.